The molecule has 1 aliphatic heterocycles. The number of hydrogen-bond donors (Lipinski definition) is 0. The number of halogens is 1. The van der Waals surface area contributed by atoms with E-state index in [1.54, 1.807) is 4.90 Å². The summed E-state index contributed by atoms with van der Waals surface area (Å²) < 4.78 is 1.13. The Morgan fingerprint density at radius 1 is 1.29 bits per heavy atom. The van der Waals surface area contributed by atoms with Crippen LogP contribution in [0.25, 0.3) is 0 Å². The number of piperazine rings is 1. The molecule has 0 aromatic heterocycles. The first kappa shape index (κ1) is 17.0. The lowest BCUT2D eigenvalue weighted by Gasteiger charge is -2.42. The fourth-order valence-electron chi connectivity index (χ4n) is 2.19. The molecule has 0 bridgehead atoms. The van der Waals surface area contributed by atoms with Crippen LogP contribution >= 0.6 is 0 Å². The van der Waals surface area contributed by atoms with Gasteiger partial charge in [-0.1, -0.05) is 13.3 Å². The van der Waals surface area contributed by atoms with Crippen molar-refractivity contribution >= 4 is 6.03 Å². The number of carbonyl (C=O) groups is 1. The molecule has 1 aliphatic rings. The Morgan fingerprint density at radius 3 is 2.24 bits per heavy atom. The van der Waals surface area contributed by atoms with Gasteiger partial charge < -0.3 is 38.3 Å². The summed E-state index contributed by atoms with van der Waals surface area (Å²) in [6.45, 7) is 7.48. The van der Waals surface area contributed by atoms with Crippen LogP contribution in [0.15, 0.2) is 0 Å². The molecular weight excluding hydrogens is 329 g/mol. The molecule has 1 rings (SSSR count). The summed E-state index contributed by atoms with van der Waals surface area (Å²) >= 11 is 0. The summed E-state index contributed by atoms with van der Waals surface area (Å²) in [5.74, 6) is 0. The normalized spacial score (nSPS) is 18.5. The Balaban J connectivity index is 0.00000256. The third kappa shape index (κ3) is 4.99. The average Bonchev–Trinajstić information content (AvgIpc) is 2.26. The predicted molar refractivity (Wildman–Crippen MR) is 66.3 cm³/mol. The van der Waals surface area contributed by atoms with E-state index in [2.05, 4.69) is 14.0 Å². The second-order valence-corrected chi connectivity index (χ2v) is 5.31. The van der Waals surface area contributed by atoms with Crippen LogP contribution in [-0.2, 0) is 0 Å². The third-order valence-corrected chi connectivity index (χ3v) is 3.52. The van der Waals surface area contributed by atoms with Crippen molar-refractivity contribution in [1.82, 2.24) is 9.80 Å². The van der Waals surface area contributed by atoms with Gasteiger partial charge in [-0.15, -0.1) is 0 Å². The molecule has 2 amide bonds. The molecule has 0 N–H and O–H groups in total. The monoisotopic (exact) mass is 355 g/mol. The van der Waals surface area contributed by atoms with Crippen molar-refractivity contribution < 1.29 is 33.3 Å². The number of unbranched alkanes of at least 4 members (excludes halogenated alkanes) is 1. The SMILES string of the molecule is CCCC[N+]1(C)CCN(C(=O)N(C)C)CC1.[I-]. The van der Waals surface area contributed by atoms with E-state index >= 15 is 0 Å². The van der Waals surface area contributed by atoms with E-state index in [1.165, 1.54) is 19.4 Å². The highest BCUT2D eigenvalue weighted by Crippen LogP contribution is 2.12. The summed E-state index contributed by atoms with van der Waals surface area (Å²) in [7, 11) is 5.96. The van der Waals surface area contributed by atoms with Gasteiger partial charge in [0.25, 0.3) is 0 Å². The zero-order valence-electron chi connectivity index (χ0n) is 11.6. The summed E-state index contributed by atoms with van der Waals surface area (Å²) in [4.78, 5) is 15.4. The number of carbonyl (C=O) groups excluding carboxylic acids is 1. The van der Waals surface area contributed by atoms with Crippen LogP contribution in [0.2, 0.25) is 0 Å². The van der Waals surface area contributed by atoms with Crippen molar-refractivity contribution in [2.24, 2.45) is 0 Å². The van der Waals surface area contributed by atoms with Gasteiger partial charge in [-0.3, -0.25) is 0 Å². The fourth-order valence-corrected chi connectivity index (χ4v) is 2.19. The maximum absolute atomic E-state index is 11.8. The molecule has 0 aromatic carbocycles. The highest BCUT2D eigenvalue weighted by atomic mass is 127. The molecule has 0 spiro atoms. The van der Waals surface area contributed by atoms with Gasteiger partial charge in [0.1, 0.15) is 0 Å². The van der Waals surface area contributed by atoms with Crippen LogP contribution in [0.4, 0.5) is 4.79 Å². The largest absolute Gasteiger partial charge is 1.00 e. The Morgan fingerprint density at radius 2 is 1.82 bits per heavy atom. The Bertz CT molecular complexity index is 238. The van der Waals surface area contributed by atoms with Crippen molar-refractivity contribution in [3.8, 4) is 0 Å². The van der Waals surface area contributed by atoms with Crippen LogP contribution in [0, 0.1) is 0 Å². The Labute approximate surface area is 123 Å². The molecule has 102 valence electrons. The lowest BCUT2D eigenvalue weighted by molar-refractivity contribution is -0.913. The zero-order valence-corrected chi connectivity index (χ0v) is 13.7. The van der Waals surface area contributed by atoms with Gasteiger partial charge in [-0.25, -0.2) is 4.79 Å². The summed E-state index contributed by atoms with van der Waals surface area (Å²) in [6, 6.07) is 0.154. The van der Waals surface area contributed by atoms with Crippen molar-refractivity contribution in [3.63, 3.8) is 0 Å². The summed E-state index contributed by atoms with van der Waals surface area (Å²) in [6.07, 6.45) is 2.55. The molecule has 17 heavy (non-hydrogen) atoms. The number of urea groups is 1. The van der Waals surface area contributed by atoms with Crippen LogP contribution in [0.5, 0.6) is 0 Å². The van der Waals surface area contributed by atoms with E-state index in [-0.39, 0.29) is 30.0 Å². The summed E-state index contributed by atoms with van der Waals surface area (Å²) in [5, 5.41) is 0. The van der Waals surface area contributed by atoms with Crippen molar-refractivity contribution in [2.75, 3.05) is 53.9 Å². The number of nitrogens with zero attached hydrogens (tertiary/aromatic N) is 3. The smallest absolute Gasteiger partial charge is 0.319 e. The second-order valence-electron chi connectivity index (χ2n) is 5.31. The van der Waals surface area contributed by atoms with Crippen LogP contribution < -0.4 is 24.0 Å². The predicted octanol–water partition coefficient (Wildman–Crippen LogP) is -1.77. The second kappa shape index (κ2) is 7.41. The van der Waals surface area contributed by atoms with E-state index in [0.29, 0.717) is 0 Å². The minimum absolute atomic E-state index is 0. The van der Waals surface area contributed by atoms with E-state index in [1.807, 2.05) is 19.0 Å². The van der Waals surface area contributed by atoms with E-state index in [4.69, 9.17) is 0 Å². The fraction of sp³-hybridized carbons (Fsp3) is 0.917. The first-order valence-electron chi connectivity index (χ1n) is 6.28. The molecule has 0 saturated carbocycles. The highest BCUT2D eigenvalue weighted by Gasteiger charge is 2.30. The van der Waals surface area contributed by atoms with E-state index < -0.39 is 0 Å². The standard InChI is InChI=1S/C12H26N3O.HI/c1-5-6-9-15(4)10-7-14(8-11-15)12(16)13(2)3;/h5-11H2,1-4H3;1H/q+1;/p-1. The van der Waals surface area contributed by atoms with Crippen molar-refractivity contribution in [1.29, 1.82) is 0 Å². The molecule has 0 radical (unpaired) electrons. The highest BCUT2D eigenvalue weighted by molar-refractivity contribution is 5.73. The Hall–Kier alpha value is -0.0400. The van der Waals surface area contributed by atoms with Crippen molar-refractivity contribution in [2.45, 2.75) is 19.8 Å². The van der Waals surface area contributed by atoms with Gasteiger partial charge in [0.15, 0.2) is 0 Å². The molecule has 0 aliphatic carbocycles. The topological polar surface area (TPSA) is 23.6 Å². The maximum Gasteiger partial charge on any atom is 0.319 e. The average molecular weight is 355 g/mol. The quantitative estimate of drug-likeness (QED) is 0.435. The van der Waals surface area contributed by atoms with Gasteiger partial charge >= 0.3 is 6.03 Å². The molecular formula is C12H26IN3O. The number of likely N-dealkylation sites (N-methyl/N-ethyl adjacent to an activating group) is 1. The third-order valence-electron chi connectivity index (χ3n) is 3.52. The number of quaternary nitrogens is 1. The molecule has 1 fully saturated rings. The van der Waals surface area contributed by atoms with E-state index in [9.17, 15) is 4.79 Å². The van der Waals surface area contributed by atoms with Crippen LogP contribution in [-0.4, -0.2) is 74.2 Å². The molecule has 4 nitrogen and oxygen atoms in total. The van der Waals surface area contributed by atoms with E-state index in [0.717, 1.165) is 30.7 Å². The summed E-state index contributed by atoms with van der Waals surface area (Å²) in [5.41, 5.74) is 0. The van der Waals surface area contributed by atoms with Gasteiger partial charge in [-0.2, -0.15) is 0 Å². The van der Waals surface area contributed by atoms with Gasteiger partial charge in [0.05, 0.1) is 39.8 Å². The lowest BCUT2D eigenvalue weighted by atomic mass is 10.2. The van der Waals surface area contributed by atoms with Gasteiger partial charge in [0.2, 0.25) is 0 Å². The van der Waals surface area contributed by atoms with Crippen LogP contribution in [0.1, 0.15) is 19.8 Å². The number of rotatable bonds is 3. The molecule has 0 unspecified atom stereocenters. The first-order chi connectivity index (χ1) is 7.48. The minimum Gasteiger partial charge on any atom is -1.00 e. The molecule has 0 atom stereocenters. The number of amides is 2. The number of hydrogen-bond acceptors (Lipinski definition) is 1. The van der Waals surface area contributed by atoms with Crippen molar-refractivity contribution in [3.05, 3.63) is 0 Å². The maximum atomic E-state index is 11.8. The Kier molecular flexibility index (Phi) is 7.39. The van der Waals surface area contributed by atoms with Gasteiger partial charge in [0, 0.05) is 14.1 Å². The van der Waals surface area contributed by atoms with Crippen LogP contribution in [0.3, 0.4) is 0 Å². The lowest BCUT2D eigenvalue weighted by Crippen LogP contribution is -3.00. The molecule has 5 heteroatoms. The molecule has 1 heterocycles. The zero-order chi connectivity index (χ0) is 12.2. The first-order valence-corrected chi connectivity index (χ1v) is 6.28. The minimum atomic E-state index is 0. The van der Waals surface area contributed by atoms with Gasteiger partial charge in [-0.05, 0) is 6.42 Å². The molecule has 1 saturated heterocycles. The molecule has 0 aromatic rings.